The van der Waals surface area contributed by atoms with E-state index in [9.17, 15) is 9.59 Å². The summed E-state index contributed by atoms with van der Waals surface area (Å²) in [5.41, 5.74) is 0.0310. The lowest BCUT2D eigenvalue weighted by molar-refractivity contribution is -0.128. The summed E-state index contributed by atoms with van der Waals surface area (Å²) in [5, 5.41) is 0. The van der Waals surface area contributed by atoms with Crippen LogP contribution in [0.15, 0.2) is 12.4 Å². The van der Waals surface area contributed by atoms with E-state index >= 15 is 0 Å². The summed E-state index contributed by atoms with van der Waals surface area (Å²) in [4.78, 5) is 32.6. The van der Waals surface area contributed by atoms with Crippen LogP contribution in [0.25, 0.3) is 0 Å². The molecule has 2 aliphatic heterocycles. The largest absolute Gasteiger partial charge is 0.383 e. The molecule has 0 unspecified atom stereocenters. The second kappa shape index (κ2) is 6.31. The van der Waals surface area contributed by atoms with Crippen LogP contribution in [0, 0.1) is 5.41 Å². The molecule has 3 heterocycles. The summed E-state index contributed by atoms with van der Waals surface area (Å²) in [6.07, 6.45) is 5.77. The van der Waals surface area contributed by atoms with E-state index in [4.69, 9.17) is 4.74 Å². The van der Waals surface area contributed by atoms with Crippen molar-refractivity contribution in [3.05, 3.63) is 18.2 Å². The number of ether oxygens (including phenoxy) is 1. The first-order valence-corrected chi connectivity index (χ1v) is 8.08. The number of hydrogen-bond donors (Lipinski definition) is 0. The zero-order valence-corrected chi connectivity index (χ0v) is 13.8. The second-order valence-electron chi connectivity index (χ2n) is 6.64. The second-order valence-corrected chi connectivity index (χ2v) is 6.64. The van der Waals surface area contributed by atoms with Crippen molar-refractivity contribution in [2.75, 3.05) is 39.9 Å². The zero-order chi connectivity index (χ0) is 16.4. The van der Waals surface area contributed by atoms with Gasteiger partial charge in [0.05, 0.1) is 6.61 Å². The Bertz CT molecular complexity index is 590. The van der Waals surface area contributed by atoms with Gasteiger partial charge >= 0.3 is 0 Å². The molecule has 0 bridgehead atoms. The molecule has 0 N–H and O–H groups in total. The molecule has 1 aromatic heterocycles. The Labute approximate surface area is 136 Å². The molecule has 7 nitrogen and oxygen atoms in total. The fraction of sp³-hybridized carbons (Fsp3) is 0.688. The van der Waals surface area contributed by atoms with Gasteiger partial charge < -0.3 is 19.1 Å². The highest BCUT2D eigenvalue weighted by Gasteiger charge is 2.45. The van der Waals surface area contributed by atoms with E-state index < -0.39 is 0 Å². The molecule has 126 valence electrons. The number of aromatic nitrogens is 2. The van der Waals surface area contributed by atoms with Crippen LogP contribution < -0.4 is 0 Å². The predicted molar refractivity (Wildman–Crippen MR) is 83.9 cm³/mol. The Morgan fingerprint density at radius 2 is 2.13 bits per heavy atom. The molecule has 0 aromatic carbocycles. The van der Waals surface area contributed by atoms with E-state index in [1.165, 1.54) is 0 Å². The molecule has 0 saturated carbocycles. The van der Waals surface area contributed by atoms with E-state index in [0.29, 0.717) is 38.5 Å². The van der Waals surface area contributed by atoms with E-state index in [1.807, 2.05) is 16.8 Å². The lowest BCUT2D eigenvalue weighted by Gasteiger charge is -2.38. The Morgan fingerprint density at radius 1 is 1.39 bits per heavy atom. The minimum Gasteiger partial charge on any atom is -0.383 e. The van der Waals surface area contributed by atoms with Crippen molar-refractivity contribution in [2.24, 2.45) is 12.5 Å². The summed E-state index contributed by atoms with van der Waals surface area (Å²) in [6, 6.07) is 0. The first-order chi connectivity index (χ1) is 11.0. The highest BCUT2D eigenvalue weighted by atomic mass is 16.5. The summed E-state index contributed by atoms with van der Waals surface area (Å²) in [6.45, 7) is 3.41. The fourth-order valence-electron chi connectivity index (χ4n) is 3.62. The maximum Gasteiger partial charge on any atom is 0.289 e. The molecule has 2 aliphatic rings. The number of hydrogen-bond acceptors (Lipinski definition) is 4. The lowest BCUT2D eigenvalue weighted by atomic mass is 9.77. The summed E-state index contributed by atoms with van der Waals surface area (Å²) in [7, 11) is 3.48. The normalized spacial score (nSPS) is 20.5. The van der Waals surface area contributed by atoms with Crippen molar-refractivity contribution in [3.8, 4) is 0 Å². The van der Waals surface area contributed by atoms with Crippen LogP contribution in [0.4, 0.5) is 0 Å². The van der Waals surface area contributed by atoms with Gasteiger partial charge in [0.2, 0.25) is 5.91 Å². The average molecular weight is 320 g/mol. The van der Waals surface area contributed by atoms with Crippen molar-refractivity contribution in [1.82, 2.24) is 19.4 Å². The lowest BCUT2D eigenvalue weighted by Crippen LogP contribution is -2.45. The minimum absolute atomic E-state index is 0.0205. The molecule has 2 saturated heterocycles. The van der Waals surface area contributed by atoms with Crippen LogP contribution in [-0.4, -0.2) is 71.1 Å². The van der Waals surface area contributed by atoms with Crippen LogP contribution in [0.3, 0.4) is 0 Å². The molecule has 0 radical (unpaired) electrons. The van der Waals surface area contributed by atoms with Crippen LogP contribution in [0.5, 0.6) is 0 Å². The maximum atomic E-state index is 12.5. The van der Waals surface area contributed by atoms with Crippen molar-refractivity contribution < 1.29 is 14.3 Å². The average Bonchev–Trinajstić information content (AvgIpc) is 3.09. The molecule has 3 rings (SSSR count). The van der Waals surface area contributed by atoms with Gasteiger partial charge in [-0.05, 0) is 12.8 Å². The van der Waals surface area contributed by atoms with Gasteiger partial charge in [-0.15, -0.1) is 0 Å². The van der Waals surface area contributed by atoms with Crippen molar-refractivity contribution in [2.45, 2.75) is 19.3 Å². The van der Waals surface area contributed by atoms with Gasteiger partial charge in [0, 0.05) is 64.6 Å². The first kappa shape index (κ1) is 16.0. The first-order valence-electron chi connectivity index (χ1n) is 8.08. The van der Waals surface area contributed by atoms with E-state index in [0.717, 1.165) is 19.4 Å². The topological polar surface area (TPSA) is 67.7 Å². The Hall–Kier alpha value is -1.89. The fourth-order valence-corrected chi connectivity index (χ4v) is 3.62. The number of likely N-dealkylation sites (tertiary alicyclic amines) is 2. The molecular formula is C16H24N4O3. The number of aryl methyl sites for hydroxylation is 1. The van der Waals surface area contributed by atoms with Gasteiger partial charge in [0.15, 0.2) is 5.82 Å². The number of nitrogens with zero attached hydrogens (tertiary/aromatic N) is 4. The van der Waals surface area contributed by atoms with Crippen LogP contribution >= 0.6 is 0 Å². The number of methoxy groups -OCH3 is 1. The molecule has 0 atom stereocenters. The van der Waals surface area contributed by atoms with E-state index in [2.05, 4.69) is 4.98 Å². The molecule has 1 spiro atoms. The predicted octanol–water partition coefficient (Wildman–Crippen LogP) is 0.521. The number of piperidine rings is 1. The number of rotatable bonds is 4. The van der Waals surface area contributed by atoms with Crippen LogP contribution in [-0.2, 0) is 16.6 Å². The highest BCUT2D eigenvalue weighted by molar-refractivity contribution is 5.91. The molecule has 2 amide bonds. The Balaban J connectivity index is 1.59. The minimum atomic E-state index is -0.0205. The van der Waals surface area contributed by atoms with Crippen molar-refractivity contribution >= 4 is 11.8 Å². The zero-order valence-electron chi connectivity index (χ0n) is 13.8. The van der Waals surface area contributed by atoms with E-state index in [-0.39, 0.29) is 17.2 Å². The Morgan fingerprint density at radius 3 is 2.74 bits per heavy atom. The van der Waals surface area contributed by atoms with E-state index in [1.54, 1.807) is 24.1 Å². The van der Waals surface area contributed by atoms with Gasteiger partial charge in [-0.3, -0.25) is 9.59 Å². The number of imidazole rings is 1. The molecule has 7 heteroatoms. The molecular weight excluding hydrogens is 296 g/mol. The van der Waals surface area contributed by atoms with Gasteiger partial charge in [-0.1, -0.05) is 0 Å². The van der Waals surface area contributed by atoms with Crippen LogP contribution in [0.1, 0.15) is 29.9 Å². The highest BCUT2D eigenvalue weighted by Crippen LogP contribution is 2.41. The van der Waals surface area contributed by atoms with Gasteiger partial charge in [-0.2, -0.15) is 0 Å². The van der Waals surface area contributed by atoms with Gasteiger partial charge in [0.1, 0.15) is 0 Å². The number of amides is 2. The molecule has 23 heavy (non-hydrogen) atoms. The Kier molecular flexibility index (Phi) is 4.39. The summed E-state index contributed by atoms with van der Waals surface area (Å²) in [5.74, 6) is 0.670. The molecule has 0 aliphatic carbocycles. The summed E-state index contributed by atoms with van der Waals surface area (Å²) < 4.78 is 6.82. The number of carbonyl (C=O) groups is 2. The third-order valence-electron chi connectivity index (χ3n) is 5.09. The summed E-state index contributed by atoms with van der Waals surface area (Å²) >= 11 is 0. The van der Waals surface area contributed by atoms with Gasteiger partial charge in [-0.25, -0.2) is 4.98 Å². The van der Waals surface area contributed by atoms with Crippen LogP contribution in [0.2, 0.25) is 0 Å². The molecule has 1 aromatic rings. The smallest absolute Gasteiger partial charge is 0.289 e. The quantitative estimate of drug-likeness (QED) is 0.811. The third-order valence-corrected chi connectivity index (χ3v) is 5.09. The standard InChI is InChI=1S/C16H24N4O3/c1-18-8-5-17-14(18)15(22)19-6-3-16(4-7-19)11-13(21)20(12-16)9-10-23-2/h5,8H,3-4,6-7,9-12H2,1-2H3. The molecule has 2 fully saturated rings. The van der Waals surface area contributed by atoms with Crippen molar-refractivity contribution in [3.63, 3.8) is 0 Å². The third kappa shape index (κ3) is 3.10. The monoisotopic (exact) mass is 320 g/mol. The van der Waals surface area contributed by atoms with Crippen molar-refractivity contribution in [1.29, 1.82) is 0 Å². The maximum absolute atomic E-state index is 12.5. The van der Waals surface area contributed by atoms with Gasteiger partial charge in [0.25, 0.3) is 5.91 Å². The number of carbonyl (C=O) groups excluding carboxylic acids is 2. The SMILES string of the molecule is COCCN1CC2(CCN(C(=O)c3nccn3C)CC2)CC1=O.